The molecule has 1 aromatic carbocycles. The molecule has 76 valence electrons. The third kappa shape index (κ3) is 2.43. The highest BCUT2D eigenvalue weighted by Crippen LogP contribution is 2.35. The average molecular weight is 255 g/mol. The topological polar surface area (TPSA) is 17.1 Å². The first-order valence-electron chi connectivity index (χ1n) is 4.26. The van der Waals surface area contributed by atoms with Crippen LogP contribution in [0.15, 0.2) is 44.8 Å². The molecular weight excluding hydrogens is 248 g/mol. The van der Waals surface area contributed by atoms with Crippen LogP contribution in [0.3, 0.4) is 0 Å². The number of carbonyl (C=O) groups excluding carboxylic acids is 1. The van der Waals surface area contributed by atoms with Crippen LogP contribution in [-0.4, -0.2) is 6.29 Å². The quantitative estimate of drug-likeness (QED) is 0.757. The van der Waals surface area contributed by atoms with Gasteiger partial charge in [-0.15, -0.1) is 11.3 Å². The molecule has 0 saturated heterocycles. The Morgan fingerprint density at radius 1 is 1.27 bits per heavy atom. The van der Waals surface area contributed by atoms with E-state index >= 15 is 0 Å². The van der Waals surface area contributed by atoms with E-state index in [1.54, 1.807) is 29.2 Å². The van der Waals surface area contributed by atoms with Crippen LogP contribution in [-0.2, 0) is 0 Å². The van der Waals surface area contributed by atoms with E-state index in [2.05, 4.69) is 0 Å². The number of carbonyl (C=O) groups is 1. The normalized spacial score (nSPS) is 10.2. The second-order valence-corrected chi connectivity index (χ2v) is 5.50. The number of thiophene rings is 1. The molecule has 0 N–H and O–H groups in total. The van der Waals surface area contributed by atoms with Crippen molar-refractivity contribution in [2.24, 2.45) is 0 Å². The fraction of sp³-hybridized carbons (Fsp3) is 0. The molecule has 0 aliphatic rings. The van der Waals surface area contributed by atoms with Crippen molar-refractivity contribution in [3.05, 3.63) is 46.3 Å². The maximum atomic E-state index is 10.9. The highest BCUT2D eigenvalue weighted by atomic mass is 35.5. The van der Waals surface area contributed by atoms with Gasteiger partial charge in [0.1, 0.15) is 0 Å². The van der Waals surface area contributed by atoms with E-state index in [0.29, 0.717) is 10.6 Å². The summed E-state index contributed by atoms with van der Waals surface area (Å²) >= 11 is 9.14. The van der Waals surface area contributed by atoms with E-state index in [0.717, 1.165) is 15.4 Å². The summed E-state index contributed by atoms with van der Waals surface area (Å²) in [5.41, 5.74) is 0.567. The van der Waals surface area contributed by atoms with Crippen molar-refractivity contribution >= 4 is 41.0 Å². The summed E-state index contributed by atoms with van der Waals surface area (Å²) in [6, 6.07) is 9.48. The van der Waals surface area contributed by atoms with Gasteiger partial charge < -0.3 is 0 Å². The van der Waals surface area contributed by atoms with Crippen LogP contribution in [0.2, 0.25) is 5.02 Å². The second-order valence-electron chi connectivity index (χ2n) is 2.80. The maximum Gasteiger partial charge on any atom is 0.152 e. The second kappa shape index (κ2) is 4.84. The molecule has 4 heteroatoms. The molecule has 0 spiro atoms. The number of halogens is 1. The van der Waals surface area contributed by atoms with Gasteiger partial charge in [-0.05, 0) is 23.6 Å². The molecule has 1 aromatic heterocycles. The molecule has 0 fully saturated rings. The van der Waals surface area contributed by atoms with Gasteiger partial charge in [-0.3, -0.25) is 4.79 Å². The Balaban J connectivity index is 2.36. The zero-order valence-corrected chi connectivity index (χ0v) is 10.0. The molecule has 2 rings (SSSR count). The fourth-order valence-corrected chi connectivity index (χ4v) is 3.28. The predicted molar refractivity (Wildman–Crippen MR) is 65.3 cm³/mol. The van der Waals surface area contributed by atoms with Gasteiger partial charge in [0.25, 0.3) is 0 Å². The molecular formula is C11H7ClOS2. The Labute approximate surface area is 101 Å². The van der Waals surface area contributed by atoms with Gasteiger partial charge in [-0.2, -0.15) is 0 Å². The van der Waals surface area contributed by atoms with Crippen LogP contribution in [0.1, 0.15) is 10.4 Å². The minimum absolute atomic E-state index is 0.506. The summed E-state index contributed by atoms with van der Waals surface area (Å²) in [6.07, 6.45) is 0.804. The van der Waals surface area contributed by atoms with Gasteiger partial charge in [-0.1, -0.05) is 35.5 Å². The molecule has 0 aliphatic carbocycles. The first-order valence-corrected chi connectivity index (χ1v) is 6.33. The Morgan fingerprint density at radius 3 is 2.80 bits per heavy atom. The van der Waals surface area contributed by atoms with Gasteiger partial charge in [0, 0.05) is 10.5 Å². The molecule has 0 atom stereocenters. The predicted octanol–water partition coefficient (Wildman–Crippen LogP) is 4.37. The number of benzene rings is 1. The Bertz CT molecular complexity index is 465. The van der Waals surface area contributed by atoms with Crippen LogP contribution >= 0.6 is 34.7 Å². The summed E-state index contributed by atoms with van der Waals surface area (Å²) in [6.45, 7) is 0. The molecule has 0 saturated carbocycles. The lowest BCUT2D eigenvalue weighted by Crippen LogP contribution is -1.85. The van der Waals surface area contributed by atoms with Crippen LogP contribution in [0.5, 0.6) is 0 Å². The minimum Gasteiger partial charge on any atom is -0.298 e. The summed E-state index contributed by atoms with van der Waals surface area (Å²) in [4.78, 5) is 11.8. The van der Waals surface area contributed by atoms with Gasteiger partial charge in [0.05, 0.1) is 9.23 Å². The first-order chi connectivity index (χ1) is 7.31. The van der Waals surface area contributed by atoms with E-state index in [-0.39, 0.29) is 0 Å². The van der Waals surface area contributed by atoms with Gasteiger partial charge >= 0.3 is 0 Å². The molecule has 0 amide bonds. The highest BCUT2D eigenvalue weighted by Gasteiger charge is 2.07. The first kappa shape index (κ1) is 10.7. The van der Waals surface area contributed by atoms with Crippen LogP contribution < -0.4 is 0 Å². The SMILES string of the molecule is O=Cc1c(Cl)cccc1Sc1cccs1. The molecule has 1 heterocycles. The van der Waals surface area contributed by atoms with Crippen LogP contribution in [0.4, 0.5) is 0 Å². The lowest BCUT2D eigenvalue weighted by molar-refractivity contribution is 0.112. The van der Waals surface area contributed by atoms with Crippen molar-refractivity contribution in [2.45, 2.75) is 9.10 Å². The molecule has 0 bridgehead atoms. The Hall–Kier alpha value is -0.770. The lowest BCUT2D eigenvalue weighted by Gasteiger charge is -2.03. The van der Waals surface area contributed by atoms with Crippen molar-refractivity contribution in [3.8, 4) is 0 Å². The molecule has 15 heavy (non-hydrogen) atoms. The number of aldehydes is 1. The fourth-order valence-electron chi connectivity index (χ4n) is 1.15. The summed E-state index contributed by atoms with van der Waals surface area (Å²) in [5.74, 6) is 0. The molecule has 0 unspecified atom stereocenters. The average Bonchev–Trinajstić information content (AvgIpc) is 2.71. The monoisotopic (exact) mass is 254 g/mol. The van der Waals surface area contributed by atoms with E-state index in [9.17, 15) is 4.79 Å². The van der Waals surface area contributed by atoms with Crippen molar-refractivity contribution < 1.29 is 4.79 Å². The van der Waals surface area contributed by atoms with E-state index in [4.69, 9.17) is 11.6 Å². The number of hydrogen-bond acceptors (Lipinski definition) is 3. The van der Waals surface area contributed by atoms with Crippen LogP contribution in [0, 0.1) is 0 Å². The Morgan fingerprint density at radius 2 is 2.13 bits per heavy atom. The third-order valence-electron chi connectivity index (χ3n) is 1.84. The summed E-state index contributed by atoms with van der Waals surface area (Å²) in [5, 5.41) is 2.51. The zero-order chi connectivity index (χ0) is 10.7. The maximum absolute atomic E-state index is 10.9. The van der Waals surface area contributed by atoms with Crippen LogP contribution in [0.25, 0.3) is 0 Å². The zero-order valence-electron chi connectivity index (χ0n) is 7.64. The lowest BCUT2D eigenvalue weighted by atomic mass is 10.2. The van der Waals surface area contributed by atoms with Crippen molar-refractivity contribution in [1.29, 1.82) is 0 Å². The Kier molecular flexibility index (Phi) is 3.46. The highest BCUT2D eigenvalue weighted by molar-refractivity contribution is 8.01. The van der Waals surface area contributed by atoms with Crippen molar-refractivity contribution in [3.63, 3.8) is 0 Å². The number of rotatable bonds is 3. The third-order valence-corrected chi connectivity index (χ3v) is 4.28. The van der Waals surface area contributed by atoms with Crippen molar-refractivity contribution in [2.75, 3.05) is 0 Å². The minimum atomic E-state index is 0.506. The summed E-state index contributed by atoms with van der Waals surface area (Å²) in [7, 11) is 0. The molecule has 2 aromatic rings. The number of hydrogen-bond donors (Lipinski definition) is 0. The molecule has 0 radical (unpaired) electrons. The summed E-state index contributed by atoms with van der Waals surface area (Å²) < 4.78 is 1.15. The molecule has 0 aliphatic heterocycles. The standard InChI is InChI=1S/C11H7ClOS2/c12-9-3-1-4-10(8(9)7-13)15-11-5-2-6-14-11/h1-7H. The molecule has 1 nitrogen and oxygen atoms in total. The van der Waals surface area contributed by atoms with E-state index < -0.39 is 0 Å². The van der Waals surface area contributed by atoms with E-state index in [1.165, 1.54) is 0 Å². The van der Waals surface area contributed by atoms with Crippen molar-refractivity contribution in [1.82, 2.24) is 0 Å². The largest absolute Gasteiger partial charge is 0.298 e. The van der Waals surface area contributed by atoms with Gasteiger partial charge in [-0.25, -0.2) is 0 Å². The van der Waals surface area contributed by atoms with E-state index in [1.807, 2.05) is 29.6 Å². The smallest absolute Gasteiger partial charge is 0.152 e. The van der Waals surface area contributed by atoms with Gasteiger partial charge in [0.2, 0.25) is 0 Å². The van der Waals surface area contributed by atoms with Gasteiger partial charge in [0.15, 0.2) is 6.29 Å².